The van der Waals surface area contributed by atoms with Crippen LogP contribution in [0, 0.1) is 35.6 Å². The zero-order valence-corrected chi connectivity index (χ0v) is 14.0. The molecule has 0 heterocycles. The Balaban J connectivity index is 0. The van der Waals surface area contributed by atoms with Gasteiger partial charge in [-0.2, -0.15) is 0 Å². The van der Waals surface area contributed by atoms with Crippen LogP contribution in [0.2, 0.25) is 0 Å². The molecule has 0 aromatic carbocycles. The summed E-state index contributed by atoms with van der Waals surface area (Å²) in [6.07, 6.45) is 0. The van der Waals surface area contributed by atoms with Crippen LogP contribution in [0.1, 0.15) is 0 Å². The van der Waals surface area contributed by atoms with E-state index in [1.807, 2.05) is 0 Å². The van der Waals surface area contributed by atoms with E-state index in [0.29, 0.717) is 0 Å². The summed E-state index contributed by atoms with van der Waals surface area (Å²) in [5.41, 5.74) is 0. The molecule has 0 amide bonds. The summed E-state index contributed by atoms with van der Waals surface area (Å²) in [6, 6.07) is 0. The summed E-state index contributed by atoms with van der Waals surface area (Å²) in [5, 5.41) is 0. The van der Waals surface area contributed by atoms with Crippen molar-refractivity contribution in [2.24, 2.45) is 0 Å². The number of hydrogen-bond donors (Lipinski definition) is 0. The molecule has 5 heteroatoms. The Morgan fingerprint density at radius 1 is 1.00 bits per heavy atom. The number of hydrogen-bond acceptors (Lipinski definition) is 0. The molecule has 0 bridgehead atoms. The molecule has 0 spiro atoms. The molecular weight excluding hydrogens is 363 g/mol. The van der Waals surface area contributed by atoms with E-state index >= 15 is 0 Å². The van der Waals surface area contributed by atoms with Crippen LogP contribution in [0.3, 0.4) is 0 Å². The Hall–Kier alpha value is 3.78. The van der Waals surface area contributed by atoms with Gasteiger partial charge < -0.3 is 5.48 Å². The predicted octanol–water partition coefficient (Wildman–Crippen LogP) is -0.505. The van der Waals surface area contributed by atoms with Crippen molar-refractivity contribution >= 4 is 45.5 Å². The van der Waals surface area contributed by atoms with Crippen molar-refractivity contribution in [1.82, 2.24) is 0 Å². The Bertz CT molecular complexity index is 11.6. The third kappa shape index (κ3) is 18.2. The van der Waals surface area contributed by atoms with Gasteiger partial charge in [0.1, 0.15) is 0 Å². The topological polar surface area (TPSA) is 28.5 Å². The van der Waals surface area contributed by atoms with Crippen LogP contribution in [0.15, 0.2) is 0 Å². The summed E-state index contributed by atoms with van der Waals surface area (Å²) >= 11 is 0. The van der Waals surface area contributed by atoms with E-state index in [9.17, 15) is 0 Å². The second-order valence-corrected chi connectivity index (χ2v) is 0. The van der Waals surface area contributed by atoms with Gasteiger partial charge in [-0.15, -0.1) is 0 Å². The van der Waals surface area contributed by atoms with Gasteiger partial charge in [-0.1, -0.05) is 0 Å². The van der Waals surface area contributed by atoms with Crippen LogP contribution in [0.5, 0.6) is 0 Å². The van der Waals surface area contributed by atoms with Gasteiger partial charge in [-0.05, 0) is 0 Å². The molecule has 1 radical (unpaired) electrons. The fourth-order valence-electron chi connectivity index (χ4n) is 0. The minimum absolute atomic E-state index is 0. The number of rotatable bonds is 0. The van der Waals surface area contributed by atoms with Crippen LogP contribution >= 0.6 is 0 Å². The minimum Gasteiger partial charge on any atom is -2.00 e. The second-order valence-electron chi connectivity index (χ2n) is 0. The van der Waals surface area contributed by atoms with Crippen LogP contribution in [0.4, 0.5) is 0 Å². The first-order chi connectivity index (χ1) is 0. The molecule has 0 fully saturated rings. The Labute approximate surface area is 120 Å². The molecule has 0 unspecified atom stereocenters. The van der Waals surface area contributed by atoms with Crippen molar-refractivity contribution in [3.8, 4) is 0 Å². The summed E-state index contributed by atoms with van der Waals surface area (Å²) in [7, 11) is 0. The average Bonchev–Trinajstić information content (AvgIpc) is 0. The minimum atomic E-state index is 0. The molecule has 0 aliphatic heterocycles. The fraction of sp³-hybridized carbons (Fsp3) is 0. The Morgan fingerprint density at radius 3 is 1.00 bits per heavy atom. The average molecular weight is 363 g/mol. The zero-order valence-electron chi connectivity index (χ0n) is 2.78. The van der Waals surface area contributed by atoms with Gasteiger partial charge in [0.05, 0.1) is 0 Å². The predicted molar refractivity (Wildman–Crippen MR) is 6.44 cm³/mol. The van der Waals surface area contributed by atoms with E-state index in [1.165, 1.54) is 0 Å². The van der Waals surface area contributed by atoms with Crippen molar-refractivity contribution in [1.29, 1.82) is 0 Å². The van der Waals surface area contributed by atoms with E-state index in [2.05, 4.69) is 0 Å². The molecule has 0 aliphatic carbocycles. The maximum absolute atomic E-state index is 0. The summed E-state index contributed by atoms with van der Waals surface area (Å²) in [4.78, 5) is 0. The molecule has 0 aromatic rings. The van der Waals surface area contributed by atoms with E-state index in [1.54, 1.807) is 0 Å². The third-order valence-electron chi connectivity index (χ3n) is 0. The Kier molecular flexibility index (Phi) is 186. The van der Waals surface area contributed by atoms with E-state index in [0.717, 1.165) is 0 Å². The first-order valence-electron chi connectivity index (χ1n) is 0. The van der Waals surface area contributed by atoms with Gasteiger partial charge in [0, 0.05) is 0 Å². The molecule has 5 heavy (non-hydrogen) atoms. The van der Waals surface area contributed by atoms with E-state index in [4.69, 9.17) is 0 Å². The summed E-state index contributed by atoms with van der Waals surface area (Å²) in [5.74, 6) is 0. The van der Waals surface area contributed by atoms with Crippen LogP contribution in [-0.4, -0.2) is 45.5 Å². The van der Waals surface area contributed by atoms with Crippen molar-refractivity contribution in [3.63, 3.8) is 0 Å². The summed E-state index contributed by atoms with van der Waals surface area (Å²) in [6.45, 7) is 0. The first-order valence-corrected chi connectivity index (χ1v) is 0. The molecular formula is LaMnOSrZn+7. The molecule has 0 N–H and O–H groups in total. The molecule has 0 atom stereocenters. The SMILES string of the molecule is [La+3].[Mn+2].[O-2].[Sr+2].[Zn+2]. The Morgan fingerprint density at radius 2 is 1.00 bits per heavy atom. The monoisotopic (exact) mass is 362 g/mol. The van der Waals surface area contributed by atoms with Crippen molar-refractivity contribution < 1.29 is 77.6 Å². The summed E-state index contributed by atoms with van der Waals surface area (Å²) < 4.78 is 0. The molecule has 0 aliphatic rings. The van der Waals surface area contributed by atoms with E-state index in [-0.39, 0.29) is 123 Å². The zero-order chi connectivity index (χ0) is 0. The maximum Gasteiger partial charge on any atom is 3.00 e. The van der Waals surface area contributed by atoms with Gasteiger partial charge >= 0.3 is 118 Å². The van der Waals surface area contributed by atoms with E-state index < -0.39 is 0 Å². The molecule has 0 aromatic heterocycles. The van der Waals surface area contributed by atoms with Crippen LogP contribution in [0.25, 0.3) is 0 Å². The van der Waals surface area contributed by atoms with Gasteiger partial charge in [0.25, 0.3) is 0 Å². The molecule has 1 nitrogen and oxygen atoms in total. The van der Waals surface area contributed by atoms with Crippen molar-refractivity contribution in [3.05, 3.63) is 0 Å². The quantitative estimate of drug-likeness (QED) is 0.520. The van der Waals surface area contributed by atoms with Gasteiger partial charge in [0.2, 0.25) is 0 Å². The first kappa shape index (κ1) is 37.2. The smallest absolute Gasteiger partial charge is 2.00 e. The third-order valence-corrected chi connectivity index (χ3v) is 0. The standard InChI is InChI=1S/La.Mn.O.Sr.Zn/q+3;+2;-2;2*+2. The van der Waals surface area contributed by atoms with Gasteiger partial charge in [-0.3, -0.25) is 0 Å². The van der Waals surface area contributed by atoms with Crippen LogP contribution in [-0.2, 0) is 42.0 Å². The largest absolute Gasteiger partial charge is 3.00 e. The van der Waals surface area contributed by atoms with Crippen molar-refractivity contribution in [2.75, 3.05) is 0 Å². The second kappa shape index (κ2) is 25.0. The fourth-order valence-corrected chi connectivity index (χ4v) is 0. The maximum atomic E-state index is 0. The van der Waals surface area contributed by atoms with Crippen molar-refractivity contribution in [2.45, 2.75) is 0 Å². The van der Waals surface area contributed by atoms with Gasteiger partial charge in [0.15, 0.2) is 0 Å². The normalized spacial score (nSPS) is 0. The molecule has 13 valence electrons. The molecule has 0 rings (SSSR count). The van der Waals surface area contributed by atoms with Gasteiger partial charge in [-0.25, -0.2) is 0 Å². The van der Waals surface area contributed by atoms with Crippen LogP contribution < -0.4 is 0 Å². The molecule has 0 saturated heterocycles. The molecule has 0 saturated carbocycles.